The van der Waals surface area contributed by atoms with Gasteiger partial charge < -0.3 is 9.80 Å². The Balaban J connectivity index is 1.18. The Morgan fingerprint density at radius 2 is 1.66 bits per heavy atom. The average Bonchev–Trinajstić information content (AvgIpc) is 3.34. The van der Waals surface area contributed by atoms with Gasteiger partial charge in [0.1, 0.15) is 5.69 Å². The Hall–Kier alpha value is -2.74. The molecule has 2 fully saturated rings. The monoisotopic (exact) mass is 466 g/mol. The van der Waals surface area contributed by atoms with Crippen molar-refractivity contribution in [1.29, 1.82) is 0 Å². The van der Waals surface area contributed by atoms with Crippen molar-refractivity contribution in [1.82, 2.24) is 19.7 Å². The summed E-state index contributed by atoms with van der Waals surface area (Å²) >= 11 is 7.81. The van der Waals surface area contributed by atoms with E-state index in [0.29, 0.717) is 48.5 Å². The molecule has 0 spiro atoms. The van der Waals surface area contributed by atoms with Crippen LogP contribution in [0.2, 0.25) is 5.02 Å². The Labute approximate surface area is 196 Å². The number of nitrogens with zero attached hydrogens (tertiary/aromatic N) is 4. The fraction of sp³-hybridized carbons (Fsp3) is 0.292. The molecule has 0 aliphatic carbocycles. The third-order valence-electron chi connectivity index (χ3n) is 6.22. The molecule has 2 aromatic carbocycles. The summed E-state index contributed by atoms with van der Waals surface area (Å²) < 4.78 is 0. The summed E-state index contributed by atoms with van der Waals surface area (Å²) in [5, 5.41) is 2.27. The van der Waals surface area contributed by atoms with Gasteiger partial charge in [0.15, 0.2) is 0 Å². The lowest BCUT2D eigenvalue weighted by Crippen LogP contribution is -2.64. The quantitative estimate of drug-likeness (QED) is 0.587. The maximum atomic E-state index is 13.1. The molecule has 0 bridgehead atoms. The number of hydrogen-bond donors (Lipinski definition) is 0. The summed E-state index contributed by atoms with van der Waals surface area (Å²) in [4.78, 5) is 35.8. The van der Waals surface area contributed by atoms with Gasteiger partial charge in [0, 0.05) is 50.7 Å². The van der Waals surface area contributed by atoms with Crippen LogP contribution in [0.1, 0.15) is 20.8 Å². The number of amides is 2. The van der Waals surface area contributed by atoms with E-state index in [4.69, 9.17) is 11.6 Å². The third-order valence-corrected chi connectivity index (χ3v) is 7.14. The molecule has 32 heavy (non-hydrogen) atoms. The van der Waals surface area contributed by atoms with Crippen molar-refractivity contribution in [2.24, 2.45) is 0 Å². The Kier molecular flexibility index (Phi) is 5.95. The number of hydrogen-bond acceptors (Lipinski definition) is 5. The van der Waals surface area contributed by atoms with Gasteiger partial charge >= 0.3 is 0 Å². The molecule has 2 aliphatic rings. The van der Waals surface area contributed by atoms with Crippen molar-refractivity contribution in [3.05, 3.63) is 75.7 Å². The van der Waals surface area contributed by atoms with E-state index in [0.717, 1.165) is 24.2 Å². The van der Waals surface area contributed by atoms with Crippen LogP contribution in [-0.4, -0.2) is 76.8 Å². The molecular formula is C24H23ClN4O2S. The largest absolute Gasteiger partial charge is 0.335 e. The number of aromatic nitrogens is 1. The minimum absolute atomic E-state index is 0.00394. The van der Waals surface area contributed by atoms with Crippen molar-refractivity contribution in [3.8, 4) is 11.1 Å². The zero-order valence-electron chi connectivity index (χ0n) is 17.5. The molecule has 164 valence electrons. The zero-order chi connectivity index (χ0) is 22.1. The summed E-state index contributed by atoms with van der Waals surface area (Å²) in [6.45, 7) is 4.37. The number of carbonyl (C=O) groups is 2. The van der Waals surface area contributed by atoms with Gasteiger partial charge in [0.05, 0.1) is 16.1 Å². The predicted molar refractivity (Wildman–Crippen MR) is 126 cm³/mol. The van der Waals surface area contributed by atoms with Crippen molar-refractivity contribution in [3.63, 3.8) is 0 Å². The lowest BCUT2D eigenvalue weighted by molar-refractivity contribution is 0.00845. The van der Waals surface area contributed by atoms with E-state index in [-0.39, 0.29) is 11.8 Å². The lowest BCUT2D eigenvalue weighted by atomic mass is 10.00. The zero-order valence-corrected chi connectivity index (χ0v) is 19.1. The highest BCUT2D eigenvalue weighted by atomic mass is 35.5. The van der Waals surface area contributed by atoms with Crippen LogP contribution in [0.3, 0.4) is 0 Å². The molecule has 2 amide bonds. The van der Waals surface area contributed by atoms with E-state index in [1.54, 1.807) is 17.0 Å². The maximum absolute atomic E-state index is 13.1. The summed E-state index contributed by atoms with van der Waals surface area (Å²) in [6.07, 6.45) is 0. The molecule has 3 heterocycles. The Morgan fingerprint density at radius 3 is 2.34 bits per heavy atom. The minimum atomic E-state index is -0.0265. The highest BCUT2D eigenvalue weighted by Gasteiger charge is 2.37. The van der Waals surface area contributed by atoms with Gasteiger partial charge in [-0.2, -0.15) is 0 Å². The number of carbonyl (C=O) groups excluding carboxylic acids is 2. The lowest BCUT2D eigenvalue weighted by Gasteiger charge is -2.48. The van der Waals surface area contributed by atoms with Crippen LogP contribution in [0.25, 0.3) is 11.1 Å². The van der Waals surface area contributed by atoms with Gasteiger partial charge in [-0.3, -0.25) is 14.5 Å². The molecule has 1 aromatic heterocycles. The van der Waals surface area contributed by atoms with Gasteiger partial charge in [0.25, 0.3) is 11.8 Å². The second-order valence-electron chi connectivity index (χ2n) is 8.13. The highest BCUT2D eigenvalue weighted by Crippen LogP contribution is 2.28. The van der Waals surface area contributed by atoms with Gasteiger partial charge in [-0.25, -0.2) is 4.98 Å². The van der Waals surface area contributed by atoms with Crippen molar-refractivity contribution in [2.45, 2.75) is 6.04 Å². The van der Waals surface area contributed by atoms with Crippen LogP contribution in [-0.2, 0) is 0 Å². The standard InChI is InChI=1S/C24H23ClN4O2S/c25-21-7-6-18(17-4-2-1-3-5-17)12-20(21)23(30)29-13-19(14-29)27-8-10-28(11-9-27)24(31)22-15-32-16-26-22/h1-7,12,15-16,19H,8-11,13-14H2. The van der Waals surface area contributed by atoms with Gasteiger partial charge in [0.2, 0.25) is 0 Å². The topological polar surface area (TPSA) is 56.8 Å². The van der Waals surface area contributed by atoms with Crippen molar-refractivity contribution >= 4 is 34.8 Å². The van der Waals surface area contributed by atoms with Crippen LogP contribution < -0.4 is 0 Å². The molecule has 2 aliphatic heterocycles. The van der Waals surface area contributed by atoms with Gasteiger partial charge in [-0.05, 0) is 23.3 Å². The first-order valence-corrected chi connectivity index (χ1v) is 12.0. The summed E-state index contributed by atoms with van der Waals surface area (Å²) in [5.41, 5.74) is 4.80. The van der Waals surface area contributed by atoms with Crippen molar-refractivity contribution in [2.75, 3.05) is 39.3 Å². The molecular weight excluding hydrogens is 444 g/mol. The van der Waals surface area contributed by atoms with E-state index in [2.05, 4.69) is 9.88 Å². The molecule has 8 heteroatoms. The van der Waals surface area contributed by atoms with Crippen LogP contribution in [0, 0.1) is 0 Å². The first-order chi connectivity index (χ1) is 15.6. The van der Waals surface area contributed by atoms with E-state index in [9.17, 15) is 9.59 Å². The molecule has 0 N–H and O–H groups in total. The van der Waals surface area contributed by atoms with Crippen LogP contribution in [0.4, 0.5) is 0 Å². The Morgan fingerprint density at radius 1 is 0.906 bits per heavy atom. The fourth-order valence-electron chi connectivity index (χ4n) is 4.29. The van der Waals surface area contributed by atoms with E-state index >= 15 is 0 Å². The molecule has 2 saturated heterocycles. The van der Waals surface area contributed by atoms with Crippen molar-refractivity contribution < 1.29 is 9.59 Å². The van der Waals surface area contributed by atoms with Crippen LogP contribution >= 0.6 is 22.9 Å². The average molecular weight is 467 g/mol. The normalized spacial score (nSPS) is 17.3. The third kappa shape index (κ3) is 4.16. The molecule has 0 radical (unpaired) electrons. The van der Waals surface area contributed by atoms with Crippen LogP contribution in [0.5, 0.6) is 0 Å². The predicted octanol–water partition coefficient (Wildman–Crippen LogP) is 3.75. The minimum Gasteiger partial charge on any atom is -0.335 e. The molecule has 0 atom stereocenters. The Bertz CT molecular complexity index is 1110. The van der Waals surface area contributed by atoms with E-state index in [1.807, 2.05) is 52.3 Å². The SMILES string of the molecule is O=C(c1cscn1)N1CCN(C2CN(C(=O)c3cc(-c4ccccc4)ccc3Cl)C2)CC1. The van der Waals surface area contributed by atoms with Gasteiger partial charge in [-0.15, -0.1) is 11.3 Å². The number of piperazine rings is 1. The number of halogens is 1. The number of likely N-dealkylation sites (tertiary alicyclic amines) is 1. The number of thiazole rings is 1. The summed E-state index contributed by atoms with van der Waals surface area (Å²) in [7, 11) is 0. The molecule has 6 nitrogen and oxygen atoms in total. The van der Waals surface area contributed by atoms with Crippen LogP contribution in [0.15, 0.2) is 59.4 Å². The summed E-state index contributed by atoms with van der Waals surface area (Å²) in [6, 6.07) is 15.9. The molecule has 3 aromatic rings. The molecule has 5 rings (SSSR count). The maximum Gasteiger partial charge on any atom is 0.273 e. The number of benzene rings is 2. The van der Waals surface area contributed by atoms with E-state index in [1.165, 1.54) is 11.3 Å². The fourth-order valence-corrected chi connectivity index (χ4v) is 5.02. The first kappa shape index (κ1) is 21.1. The van der Waals surface area contributed by atoms with E-state index < -0.39 is 0 Å². The highest BCUT2D eigenvalue weighted by molar-refractivity contribution is 7.07. The second-order valence-corrected chi connectivity index (χ2v) is 9.25. The summed E-state index contributed by atoms with van der Waals surface area (Å²) in [5.74, 6) is -0.0226. The first-order valence-electron chi connectivity index (χ1n) is 10.7. The van der Waals surface area contributed by atoms with Gasteiger partial charge in [-0.1, -0.05) is 48.0 Å². The molecule has 0 unspecified atom stereocenters. The smallest absolute Gasteiger partial charge is 0.273 e. The number of rotatable bonds is 4. The molecule has 0 saturated carbocycles. The second kappa shape index (κ2) is 9.02.